The zero-order valence-corrected chi connectivity index (χ0v) is 18.1. The summed E-state index contributed by atoms with van der Waals surface area (Å²) in [5.74, 6) is -0.437. The van der Waals surface area contributed by atoms with Crippen LogP contribution in [0.15, 0.2) is 64.5 Å². The number of nitrogens with zero attached hydrogens (tertiary/aromatic N) is 4. The zero-order chi connectivity index (χ0) is 21.1. The highest BCUT2D eigenvalue weighted by atomic mass is 79.9. The molecular weight excluding hydrogens is 474 g/mol. The number of hydrogen-bond donors (Lipinski definition) is 1. The molecule has 11 heteroatoms. The second-order valence-electron chi connectivity index (χ2n) is 6.50. The van der Waals surface area contributed by atoms with Crippen LogP contribution in [0, 0.1) is 0 Å². The average Bonchev–Trinajstić information content (AvgIpc) is 3.29. The van der Waals surface area contributed by atoms with E-state index in [0.29, 0.717) is 24.6 Å². The molecule has 1 fully saturated rings. The van der Waals surface area contributed by atoms with Crippen LogP contribution in [0.3, 0.4) is 0 Å². The fourth-order valence-corrected chi connectivity index (χ4v) is 4.88. The summed E-state index contributed by atoms with van der Waals surface area (Å²) in [6, 6.07) is 11.3. The molecule has 0 radical (unpaired) electrons. The minimum Gasteiger partial charge on any atom is -0.379 e. The molecule has 0 unspecified atom stereocenters. The third-order valence-corrected chi connectivity index (χ3v) is 6.96. The number of carbonyl (C=O) groups excluding carboxylic acids is 1. The van der Waals surface area contributed by atoms with Crippen LogP contribution in [0.5, 0.6) is 0 Å². The Morgan fingerprint density at radius 1 is 1.13 bits per heavy atom. The van der Waals surface area contributed by atoms with Crippen molar-refractivity contribution in [1.82, 2.24) is 19.1 Å². The molecule has 0 spiro atoms. The molecule has 1 aliphatic rings. The van der Waals surface area contributed by atoms with Crippen molar-refractivity contribution in [2.45, 2.75) is 4.90 Å². The molecule has 1 aliphatic heterocycles. The molecule has 0 atom stereocenters. The van der Waals surface area contributed by atoms with Crippen molar-refractivity contribution in [3.8, 4) is 5.69 Å². The Morgan fingerprint density at radius 2 is 1.93 bits per heavy atom. The van der Waals surface area contributed by atoms with E-state index >= 15 is 0 Å². The fourth-order valence-electron chi connectivity index (χ4n) is 3.07. The first-order valence-corrected chi connectivity index (χ1v) is 11.3. The Bertz CT molecular complexity index is 1160. The Kier molecular flexibility index (Phi) is 5.95. The van der Waals surface area contributed by atoms with Crippen molar-refractivity contribution in [1.29, 1.82) is 0 Å². The van der Waals surface area contributed by atoms with Gasteiger partial charge in [-0.2, -0.15) is 9.40 Å². The minimum absolute atomic E-state index is 0.0720. The summed E-state index contributed by atoms with van der Waals surface area (Å²) < 4.78 is 34.7. The van der Waals surface area contributed by atoms with E-state index in [9.17, 15) is 13.2 Å². The fraction of sp³-hybridized carbons (Fsp3) is 0.211. The lowest BCUT2D eigenvalue weighted by atomic mass is 10.2. The molecule has 1 N–H and O–H groups in total. The lowest BCUT2D eigenvalue weighted by molar-refractivity contribution is 0.0730. The number of aromatic nitrogens is 3. The highest BCUT2D eigenvalue weighted by Gasteiger charge is 2.27. The number of hydrogen-bond acceptors (Lipinski definition) is 6. The second kappa shape index (κ2) is 8.64. The highest BCUT2D eigenvalue weighted by molar-refractivity contribution is 9.10. The summed E-state index contributed by atoms with van der Waals surface area (Å²) >= 11 is 3.40. The predicted molar refractivity (Wildman–Crippen MR) is 113 cm³/mol. The van der Waals surface area contributed by atoms with E-state index in [1.807, 2.05) is 6.07 Å². The van der Waals surface area contributed by atoms with Gasteiger partial charge in [0.1, 0.15) is 12.7 Å². The molecule has 30 heavy (non-hydrogen) atoms. The van der Waals surface area contributed by atoms with Gasteiger partial charge in [0.2, 0.25) is 10.0 Å². The van der Waals surface area contributed by atoms with Crippen LogP contribution in [0.25, 0.3) is 5.69 Å². The molecule has 0 saturated carbocycles. The van der Waals surface area contributed by atoms with E-state index in [-0.39, 0.29) is 23.5 Å². The topological polar surface area (TPSA) is 106 Å². The summed E-state index contributed by atoms with van der Waals surface area (Å²) in [7, 11) is -3.70. The number of morpholine rings is 1. The largest absolute Gasteiger partial charge is 0.379 e. The highest BCUT2D eigenvalue weighted by Crippen LogP contribution is 2.25. The van der Waals surface area contributed by atoms with Crippen LogP contribution in [-0.2, 0) is 14.8 Å². The molecule has 9 nitrogen and oxygen atoms in total. The first-order chi connectivity index (χ1) is 14.4. The number of carbonyl (C=O) groups is 1. The number of amides is 1. The van der Waals surface area contributed by atoms with Crippen molar-refractivity contribution in [2.24, 2.45) is 0 Å². The van der Waals surface area contributed by atoms with Crippen LogP contribution in [-0.4, -0.2) is 59.7 Å². The van der Waals surface area contributed by atoms with E-state index in [0.717, 1.165) is 4.47 Å². The SMILES string of the molecule is O=C(Nc1cc(Br)ccc1-n1cncn1)c1cccc(S(=O)(=O)N2CCOCC2)c1. The average molecular weight is 492 g/mol. The Hall–Kier alpha value is -2.60. The summed E-state index contributed by atoms with van der Waals surface area (Å²) in [4.78, 5) is 16.9. The number of rotatable bonds is 5. The third kappa shape index (κ3) is 4.29. The molecule has 1 amide bonds. The van der Waals surface area contributed by atoms with Gasteiger partial charge in [-0.1, -0.05) is 22.0 Å². The Morgan fingerprint density at radius 3 is 2.67 bits per heavy atom. The summed E-state index contributed by atoms with van der Waals surface area (Å²) in [6.45, 7) is 1.29. The van der Waals surface area contributed by atoms with E-state index in [2.05, 4.69) is 31.3 Å². The van der Waals surface area contributed by atoms with Crippen LogP contribution < -0.4 is 5.32 Å². The lowest BCUT2D eigenvalue weighted by Crippen LogP contribution is -2.40. The van der Waals surface area contributed by atoms with Crippen LogP contribution in [0.4, 0.5) is 5.69 Å². The van der Waals surface area contributed by atoms with E-state index in [1.54, 1.807) is 24.3 Å². The van der Waals surface area contributed by atoms with Gasteiger partial charge < -0.3 is 10.1 Å². The summed E-state index contributed by atoms with van der Waals surface area (Å²) in [5.41, 5.74) is 1.36. The van der Waals surface area contributed by atoms with E-state index in [4.69, 9.17) is 4.74 Å². The lowest BCUT2D eigenvalue weighted by Gasteiger charge is -2.26. The van der Waals surface area contributed by atoms with Gasteiger partial charge in [-0.15, -0.1) is 0 Å². The van der Waals surface area contributed by atoms with Gasteiger partial charge in [0.15, 0.2) is 0 Å². The zero-order valence-electron chi connectivity index (χ0n) is 15.7. The van der Waals surface area contributed by atoms with Gasteiger partial charge in [-0.25, -0.2) is 18.1 Å². The van der Waals surface area contributed by atoms with Gasteiger partial charge in [-0.05, 0) is 36.4 Å². The number of sulfonamides is 1. The standard InChI is InChI=1S/C19H18BrN5O4S/c20-15-4-5-18(25-13-21-12-22-25)17(11-15)23-19(26)14-2-1-3-16(10-14)30(27,28)24-6-8-29-9-7-24/h1-5,10-13H,6-9H2,(H,23,26). The Balaban J connectivity index is 1.61. The first-order valence-electron chi connectivity index (χ1n) is 9.09. The van der Waals surface area contributed by atoms with E-state index in [1.165, 1.54) is 33.8 Å². The van der Waals surface area contributed by atoms with Crippen molar-refractivity contribution in [2.75, 3.05) is 31.6 Å². The third-order valence-electron chi connectivity index (χ3n) is 4.58. The smallest absolute Gasteiger partial charge is 0.255 e. The van der Waals surface area contributed by atoms with E-state index < -0.39 is 15.9 Å². The summed E-state index contributed by atoms with van der Waals surface area (Å²) in [6.07, 6.45) is 2.92. The van der Waals surface area contributed by atoms with Gasteiger partial charge >= 0.3 is 0 Å². The maximum absolute atomic E-state index is 12.9. The number of anilines is 1. The number of benzene rings is 2. The van der Waals surface area contributed by atoms with Crippen molar-refractivity contribution < 1.29 is 17.9 Å². The molecular formula is C19H18BrN5O4S. The predicted octanol–water partition coefficient (Wildman–Crippen LogP) is 2.30. The van der Waals surface area contributed by atoms with Gasteiger partial charge in [0.25, 0.3) is 5.91 Å². The van der Waals surface area contributed by atoms with Crippen molar-refractivity contribution in [3.63, 3.8) is 0 Å². The first kappa shape index (κ1) is 20.7. The summed E-state index contributed by atoms with van der Waals surface area (Å²) in [5, 5.41) is 6.93. The minimum atomic E-state index is -3.70. The molecule has 0 bridgehead atoms. The molecule has 0 aliphatic carbocycles. The van der Waals surface area contributed by atoms with Crippen molar-refractivity contribution >= 4 is 37.5 Å². The molecule has 156 valence electrons. The molecule has 1 saturated heterocycles. The number of halogens is 1. The molecule has 1 aromatic heterocycles. The van der Waals surface area contributed by atoms with Gasteiger partial charge in [-0.3, -0.25) is 4.79 Å². The monoisotopic (exact) mass is 491 g/mol. The molecule has 4 rings (SSSR count). The molecule has 2 heterocycles. The number of nitrogens with one attached hydrogen (secondary N) is 1. The number of ether oxygens (including phenoxy) is 1. The van der Waals surface area contributed by atoms with Crippen LogP contribution >= 0.6 is 15.9 Å². The second-order valence-corrected chi connectivity index (χ2v) is 9.35. The van der Waals surface area contributed by atoms with Gasteiger partial charge in [0.05, 0.1) is 29.5 Å². The quantitative estimate of drug-likeness (QED) is 0.586. The maximum Gasteiger partial charge on any atom is 0.255 e. The van der Waals surface area contributed by atoms with Crippen molar-refractivity contribution in [3.05, 3.63) is 65.2 Å². The van der Waals surface area contributed by atoms with Crippen LogP contribution in [0.1, 0.15) is 10.4 Å². The van der Waals surface area contributed by atoms with Gasteiger partial charge in [0, 0.05) is 23.1 Å². The van der Waals surface area contributed by atoms with Crippen LogP contribution in [0.2, 0.25) is 0 Å². The Labute approximate surface area is 181 Å². The maximum atomic E-state index is 12.9. The normalized spacial score (nSPS) is 15.1. The molecule has 3 aromatic rings. The molecule has 2 aromatic carbocycles.